The first-order chi connectivity index (χ1) is 15.5. The van der Waals surface area contributed by atoms with Gasteiger partial charge in [-0.3, -0.25) is 9.78 Å². The number of nitrogens with one attached hydrogen (secondary N) is 1. The number of oxime groups is 1. The molecule has 2 heterocycles. The quantitative estimate of drug-likeness (QED) is 0.571. The molecule has 8 heteroatoms. The number of carbonyl (C=O) groups excluding carboxylic acids is 2. The molecule has 164 valence electrons. The van der Waals surface area contributed by atoms with Crippen LogP contribution in [0.15, 0.2) is 72.0 Å². The van der Waals surface area contributed by atoms with Crippen LogP contribution in [-0.4, -0.2) is 41.3 Å². The molecule has 2 unspecified atom stereocenters. The van der Waals surface area contributed by atoms with E-state index < -0.39 is 23.6 Å². The van der Waals surface area contributed by atoms with Gasteiger partial charge in [-0.05, 0) is 23.9 Å². The lowest BCUT2D eigenvalue weighted by molar-refractivity contribution is -0.178. The Bertz CT molecular complexity index is 1160. The molecule has 0 spiro atoms. The molecule has 0 saturated carbocycles. The number of hydrogen-bond acceptors (Lipinski definition) is 6. The summed E-state index contributed by atoms with van der Waals surface area (Å²) in [6.07, 6.45) is -0.378. The Morgan fingerprint density at radius 3 is 2.69 bits per heavy atom. The van der Waals surface area contributed by atoms with Gasteiger partial charge in [0.2, 0.25) is 0 Å². The van der Waals surface area contributed by atoms with Crippen LogP contribution in [0.2, 0.25) is 0 Å². The number of halogens is 1. The summed E-state index contributed by atoms with van der Waals surface area (Å²) >= 11 is 0. The predicted molar refractivity (Wildman–Crippen MR) is 117 cm³/mol. The second-order valence-electron chi connectivity index (χ2n) is 7.37. The van der Waals surface area contributed by atoms with Gasteiger partial charge < -0.3 is 14.9 Å². The number of fused-ring (bicyclic) bond motifs is 1. The third-order valence-corrected chi connectivity index (χ3v) is 5.27. The summed E-state index contributed by atoms with van der Waals surface area (Å²) in [6.45, 7) is 1.69. The molecule has 1 aliphatic rings. The lowest BCUT2D eigenvalue weighted by Gasteiger charge is -2.27. The fraction of sp³-hybridized carbons (Fsp3) is 0.250. The van der Waals surface area contributed by atoms with Crippen molar-refractivity contribution in [3.05, 3.63) is 78.1 Å². The first-order valence-corrected chi connectivity index (χ1v) is 10.3. The molecule has 1 aliphatic heterocycles. The topological polar surface area (TPSA) is 89.9 Å². The van der Waals surface area contributed by atoms with Gasteiger partial charge in [-0.2, -0.15) is 0 Å². The van der Waals surface area contributed by atoms with Crippen molar-refractivity contribution in [2.45, 2.75) is 25.1 Å². The average Bonchev–Trinajstić information content (AvgIpc) is 3.28. The molecule has 32 heavy (non-hydrogen) atoms. The molecular formula is C24H22FN3O4. The first kappa shape index (κ1) is 21.4. The minimum atomic E-state index is -1.94. The number of hydrogen-bond donors (Lipinski definition) is 1. The molecule has 1 N–H and O–H groups in total. The summed E-state index contributed by atoms with van der Waals surface area (Å²) in [4.78, 5) is 35.0. The number of alkyl halides is 1. The van der Waals surface area contributed by atoms with Crippen molar-refractivity contribution in [3.8, 4) is 0 Å². The summed E-state index contributed by atoms with van der Waals surface area (Å²) in [6, 6.07) is 17.5. The van der Waals surface area contributed by atoms with E-state index in [1.807, 2.05) is 30.3 Å². The van der Waals surface area contributed by atoms with Gasteiger partial charge in [-0.1, -0.05) is 59.8 Å². The Morgan fingerprint density at radius 1 is 1.16 bits per heavy atom. The van der Waals surface area contributed by atoms with Crippen LogP contribution in [-0.2, 0) is 14.4 Å². The zero-order valence-electron chi connectivity index (χ0n) is 17.5. The smallest absolute Gasteiger partial charge is 0.357 e. The second-order valence-corrected chi connectivity index (χ2v) is 7.37. The fourth-order valence-corrected chi connectivity index (χ4v) is 3.67. The summed E-state index contributed by atoms with van der Waals surface area (Å²) in [5, 5.41) is 8.24. The van der Waals surface area contributed by atoms with E-state index in [0.717, 1.165) is 5.39 Å². The van der Waals surface area contributed by atoms with E-state index in [9.17, 15) is 9.59 Å². The Hall–Kier alpha value is -3.81. The van der Waals surface area contributed by atoms with E-state index >= 15 is 4.39 Å². The number of ether oxygens (including phenoxy) is 1. The van der Waals surface area contributed by atoms with Crippen LogP contribution < -0.4 is 5.32 Å². The number of pyridine rings is 1. The Balaban J connectivity index is 1.49. The fourth-order valence-electron chi connectivity index (χ4n) is 3.67. The highest BCUT2D eigenvalue weighted by atomic mass is 19.1. The molecule has 0 radical (unpaired) electrons. The van der Waals surface area contributed by atoms with Crippen molar-refractivity contribution in [2.24, 2.45) is 5.16 Å². The number of rotatable bonds is 7. The number of esters is 1. The van der Waals surface area contributed by atoms with Gasteiger partial charge in [-0.15, -0.1) is 0 Å². The van der Waals surface area contributed by atoms with Crippen molar-refractivity contribution in [3.63, 3.8) is 0 Å². The van der Waals surface area contributed by atoms with Gasteiger partial charge >= 0.3 is 5.97 Å². The van der Waals surface area contributed by atoms with Gasteiger partial charge in [-0.25, -0.2) is 9.18 Å². The van der Waals surface area contributed by atoms with Crippen LogP contribution in [0.4, 0.5) is 4.39 Å². The van der Waals surface area contributed by atoms with Crippen molar-refractivity contribution in [1.29, 1.82) is 0 Å². The summed E-state index contributed by atoms with van der Waals surface area (Å²) in [7, 11) is 0. The number of amides is 1. The third-order valence-electron chi connectivity index (χ3n) is 5.27. The lowest BCUT2D eigenvalue weighted by atomic mass is 9.87. The lowest BCUT2D eigenvalue weighted by Crippen LogP contribution is -2.45. The van der Waals surface area contributed by atoms with Gasteiger partial charge in [0.25, 0.3) is 11.5 Å². The zero-order valence-corrected chi connectivity index (χ0v) is 17.5. The maximum atomic E-state index is 15.5. The molecule has 7 nitrogen and oxygen atoms in total. The van der Waals surface area contributed by atoms with Crippen molar-refractivity contribution in [1.82, 2.24) is 10.3 Å². The van der Waals surface area contributed by atoms with Crippen molar-refractivity contribution >= 4 is 28.4 Å². The normalized spacial score (nSPS) is 18.5. The minimum absolute atomic E-state index is 0.0214. The Kier molecular flexibility index (Phi) is 6.11. The van der Waals surface area contributed by atoms with E-state index in [1.165, 1.54) is 0 Å². The highest BCUT2D eigenvalue weighted by Gasteiger charge is 2.55. The second kappa shape index (κ2) is 9.13. The number of aromatic nitrogens is 1. The van der Waals surface area contributed by atoms with E-state index in [2.05, 4.69) is 15.5 Å². The van der Waals surface area contributed by atoms with E-state index in [-0.39, 0.29) is 30.8 Å². The first-order valence-electron chi connectivity index (χ1n) is 10.3. The van der Waals surface area contributed by atoms with Crippen LogP contribution in [0.5, 0.6) is 0 Å². The molecule has 0 fully saturated rings. The molecule has 0 bridgehead atoms. The van der Waals surface area contributed by atoms with Gasteiger partial charge in [0.05, 0.1) is 18.9 Å². The summed E-state index contributed by atoms with van der Waals surface area (Å²) in [5.41, 5.74) is -1.06. The van der Waals surface area contributed by atoms with Crippen LogP contribution in [0.1, 0.15) is 35.6 Å². The van der Waals surface area contributed by atoms with Gasteiger partial charge in [0.1, 0.15) is 5.69 Å². The number of nitrogens with zero attached hydrogens (tertiary/aromatic N) is 2. The Morgan fingerprint density at radius 2 is 1.91 bits per heavy atom. The van der Waals surface area contributed by atoms with Crippen LogP contribution >= 0.6 is 0 Å². The maximum Gasteiger partial charge on any atom is 0.357 e. The average molecular weight is 435 g/mol. The van der Waals surface area contributed by atoms with Crippen molar-refractivity contribution < 1.29 is 23.6 Å². The minimum Gasteiger partial charge on any atom is -0.463 e. The molecule has 1 amide bonds. The standard InChI is InChI=1S/C24H22FN3O4/c1-2-31-23(30)24(21(25)17-9-4-3-5-10-17)14-18(28-32-24)15-27-22(29)20-19-11-7-6-8-16(19)12-13-26-20/h3-13,21H,2,14-15H2,1H3,(H,27,29). The molecule has 3 aromatic rings. The molecule has 0 aliphatic carbocycles. The van der Waals surface area contributed by atoms with Gasteiger partial charge in [0.15, 0.2) is 6.17 Å². The molecule has 4 rings (SSSR count). The highest BCUT2D eigenvalue weighted by Crippen LogP contribution is 2.40. The van der Waals surface area contributed by atoms with Crippen molar-refractivity contribution in [2.75, 3.05) is 13.2 Å². The predicted octanol–water partition coefficient (Wildman–Crippen LogP) is 3.75. The van der Waals surface area contributed by atoms with E-state index in [4.69, 9.17) is 9.57 Å². The van der Waals surface area contributed by atoms with Crippen LogP contribution in [0.25, 0.3) is 10.8 Å². The largest absolute Gasteiger partial charge is 0.463 e. The SMILES string of the molecule is CCOC(=O)C1(C(F)c2ccccc2)CC(CNC(=O)c2nccc3ccccc23)=NO1. The van der Waals surface area contributed by atoms with Crippen LogP contribution in [0, 0.1) is 0 Å². The molecule has 2 atom stereocenters. The molecular weight excluding hydrogens is 413 g/mol. The number of carbonyl (C=O) groups is 2. The highest BCUT2D eigenvalue weighted by molar-refractivity contribution is 6.06. The number of benzene rings is 2. The van der Waals surface area contributed by atoms with E-state index in [1.54, 1.807) is 43.5 Å². The van der Waals surface area contributed by atoms with E-state index in [0.29, 0.717) is 11.1 Å². The summed E-state index contributed by atoms with van der Waals surface area (Å²) < 4.78 is 20.6. The third kappa shape index (κ3) is 4.03. The summed E-state index contributed by atoms with van der Waals surface area (Å²) in [5.74, 6) is -1.24. The molecule has 0 saturated heterocycles. The maximum absolute atomic E-state index is 15.5. The Labute approximate surface area is 184 Å². The van der Waals surface area contributed by atoms with Crippen LogP contribution in [0.3, 0.4) is 0 Å². The monoisotopic (exact) mass is 435 g/mol. The molecule has 2 aromatic carbocycles. The van der Waals surface area contributed by atoms with Gasteiger partial charge in [0, 0.05) is 18.0 Å². The zero-order chi connectivity index (χ0) is 22.6. The molecule has 1 aromatic heterocycles.